The summed E-state index contributed by atoms with van der Waals surface area (Å²) in [6.45, 7) is 0. The van der Waals surface area contributed by atoms with Gasteiger partial charge >= 0.3 is 0 Å². The van der Waals surface area contributed by atoms with Crippen molar-refractivity contribution in [3.05, 3.63) is 67.9 Å². The van der Waals surface area contributed by atoms with Crippen LogP contribution in [0.2, 0.25) is 10.0 Å². The summed E-state index contributed by atoms with van der Waals surface area (Å²) in [4.78, 5) is 12.2. The average Bonchev–Trinajstić information content (AvgIpc) is 2.32. The van der Waals surface area contributed by atoms with E-state index in [0.29, 0.717) is 9.50 Å². The second-order valence-corrected chi connectivity index (χ2v) is 5.25. The molecule has 0 aliphatic rings. The third-order valence-corrected chi connectivity index (χ3v) is 3.59. The molecule has 0 fully saturated rings. The minimum absolute atomic E-state index is 0.0540. The lowest BCUT2D eigenvalue weighted by atomic mass is 10.0. The van der Waals surface area contributed by atoms with E-state index in [1.165, 1.54) is 24.3 Å². The monoisotopic (exact) mass is 346 g/mol. The normalized spacial score (nSPS) is 10.4. The van der Waals surface area contributed by atoms with Crippen LogP contribution in [-0.4, -0.2) is 5.78 Å². The van der Waals surface area contributed by atoms with Crippen molar-refractivity contribution in [2.75, 3.05) is 0 Å². The van der Waals surface area contributed by atoms with Gasteiger partial charge in [-0.1, -0.05) is 29.3 Å². The maximum Gasteiger partial charge on any atom is 0.198 e. The molecule has 0 aliphatic heterocycles. The van der Waals surface area contributed by atoms with E-state index >= 15 is 0 Å². The van der Waals surface area contributed by atoms with Gasteiger partial charge in [-0.25, -0.2) is 4.39 Å². The van der Waals surface area contributed by atoms with Gasteiger partial charge in [0.05, 0.1) is 10.6 Å². The Hall–Kier alpha value is -0.900. The van der Waals surface area contributed by atoms with Crippen molar-refractivity contribution in [1.82, 2.24) is 0 Å². The molecular weight excluding hydrogens is 342 g/mol. The maximum atomic E-state index is 13.7. The third-order valence-electron chi connectivity index (χ3n) is 2.36. The number of hydrogen-bond donors (Lipinski definition) is 0. The fraction of sp³-hybridized carbons (Fsp3) is 0. The lowest BCUT2D eigenvalue weighted by molar-refractivity contribution is 0.103. The van der Waals surface area contributed by atoms with Crippen LogP contribution in [0.25, 0.3) is 0 Å². The first-order chi connectivity index (χ1) is 8.50. The van der Waals surface area contributed by atoms with Crippen LogP contribution in [0.3, 0.4) is 0 Å². The number of hydrogen-bond acceptors (Lipinski definition) is 1. The first kappa shape index (κ1) is 13.5. The van der Waals surface area contributed by atoms with Crippen LogP contribution in [-0.2, 0) is 0 Å². The van der Waals surface area contributed by atoms with E-state index in [4.69, 9.17) is 23.2 Å². The van der Waals surface area contributed by atoms with E-state index in [1.807, 2.05) is 0 Å². The number of rotatable bonds is 2. The van der Waals surface area contributed by atoms with Gasteiger partial charge < -0.3 is 0 Å². The molecule has 0 spiro atoms. The zero-order valence-electron chi connectivity index (χ0n) is 8.88. The molecule has 0 amide bonds. The van der Waals surface area contributed by atoms with Crippen molar-refractivity contribution >= 4 is 44.9 Å². The average molecular weight is 348 g/mol. The summed E-state index contributed by atoms with van der Waals surface area (Å²) < 4.78 is 14.1. The summed E-state index contributed by atoms with van der Waals surface area (Å²) in [5.74, 6) is -1.11. The van der Waals surface area contributed by atoms with Crippen molar-refractivity contribution in [2.45, 2.75) is 0 Å². The van der Waals surface area contributed by atoms with E-state index in [2.05, 4.69) is 15.9 Å². The molecule has 0 radical (unpaired) electrons. The van der Waals surface area contributed by atoms with Crippen LogP contribution in [0.5, 0.6) is 0 Å². The number of carbonyl (C=O) groups is 1. The Labute approximate surface area is 122 Å². The second-order valence-electron chi connectivity index (χ2n) is 3.55. The molecule has 2 aromatic carbocycles. The van der Waals surface area contributed by atoms with Gasteiger partial charge in [0, 0.05) is 15.1 Å². The molecule has 1 nitrogen and oxygen atoms in total. The molecule has 0 aliphatic carbocycles. The van der Waals surface area contributed by atoms with E-state index in [1.54, 1.807) is 12.1 Å². The van der Waals surface area contributed by atoms with Gasteiger partial charge in [-0.05, 0) is 46.3 Å². The van der Waals surface area contributed by atoms with Gasteiger partial charge in [0.2, 0.25) is 0 Å². The zero-order valence-corrected chi connectivity index (χ0v) is 12.0. The number of benzene rings is 2. The lowest BCUT2D eigenvalue weighted by Gasteiger charge is -2.07. The van der Waals surface area contributed by atoms with Crippen LogP contribution in [0.4, 0.5) is 4.39 Å². The Bertz CT molecular complexity index is 608. The van der Waals surface area contributed by atoms with Gasteiger partial charge in [0.25, 0.3) is 0 Å². The SMILES string of the molecule is O=C(c1cc(Cl)ccc1Cl)c1c(F)cccc1Br. The predicted molar refractivity (Wildman–Crippen MR) is 74.0 cm³/mol. The van der Waals surface area contributed by atoms with Gasteiger partial charge in [-0.3, -0.25) is 4.79 Å². The summed E-state index contributed by atoms with van der Waals surface area (Å²) in [5.41, 5.74) is 0.122. The second kappa shape index (κ2) is 5.39. The van der Waals surface area contributed by atoms with E-state index in [0.717, 1.165) is 0 Å². The largest absolute Gasteiger partial charge is 0.288 e. The summed E-state index contributed by atoms with van der Waals surface area (Å²) in [5, 5.41) is 0.606. The van der Waals surface area contributed by atoms with E-state index in [9.17, 15) is 9.18 Å². The maximum absolute atomic E-state index is 13.7. The Kier molecular flexibility index (Phi) is 4.05. The van der Waals surface area contributed by atoms with Crippen molar-refractivity contribution in [3.63, 3.8) is 0 Å². The minimum atomic E-state index is -0.606. The highest BCUT2D eigenvalue weighted by Crippen LogP contribution is 2.27. The van der Waals surface area contributed by atoms with Gasteiger partial charge in [0.1, 0.15) is 5.82 Å². The van der Waals surface area contributed by atoms with Crippen molar-refractivity contribution in [1.29, 1.82) is 0 Å². The van der Waals surface area contributed by atoms with Crippen molar-refractivity contribution < 1.29 is 9.18 Å². The Morgan fingerprint density at radius 3 is 2.56 bits per heavy atom. The fourth-order valence-corrected chi connectivity index (χ4v) is 2.42. The highest BCUT2D eigenvalue weighted by atomic mass is 79.9. The molecule has 0 aromatic heterocycles. The smallest absolute Gasteiger partial charge is 0.198 e. The number of ketones is 1. The van der Waals surface area contributed by atoms with Crippen molar-refractivity contribution in [2.24, 2.45) is 0 Å². The summed E-state index contributed by atoms with van der Waals surface area (Å²) in [6, 6.07) is 8.81. The topological polar surface area (TPSA) is 17.1 Å². The quantitative estimate of drug-likeness (QED) is 0.688. The number of carbonyl (C=O) groups excluding carboxylic acids is 1. The Morgan fingerprint density at radius 2 is 1.89 bits per heavy atom. The molecule has 0 unspecified atom stereocenters. The van der Waals surface area contributed by atoms with Crippen LogP contribution in [0.15, 0.2) is 40.9 Å². The molecule has 0 atom stereocenters. The Balaban J connectivity index is 2.58. The predicted octanol–water partition coefficient (Wildman–Crippen LogP) is 5.13. The van der Waals surface area contributed by atoms with Crippen molar-refractivity contribution in [3.8, 4) is 0 Å². The summed E-state index contributed by atoms with van der Waals surface area (Å²) in [6.07, 6.45) is 0. The fourth-order valence-electron chi connectivity index (χ4n) is 1.52. The third kappa shape index (κ3) is 2.58. The molecule has 2 rings (SSSR count). The molecule has 92 valence electrons. The highest BCUT2D eigenvalue weighted by Gasteiger charge is 2.19. The molecule has 5 heteroatoms. The highest BCUT2D eigenvalue weighted by molar-refractivity contribution is 9.10. The molecule has 18 heavy (non-hydrogen) atoms. The zero-order chi connectivity index (χ0) is 13.3. The molecule has 2 aromatic rings. The van der Waals surface area contributed by atoms with Crippen LogP contribution < -0.4 is 0 Å². The summed E-state index contributed by atoms with van der Waals surface area (Å²) >= 11 is 14.9. The Morgan fingerprint density at radius 1 is 1.17 bits per heavy atom. The number of halogens is 4. The minimum Gasteiger partial charge on any atom is -0.288 e. The van der Waals surface area contributed by atoms with Crippen LogP contribution in [0, 0.1) is 5.82 Å². The first-order valence-electron chi connectivity index (χ1n) is 4.94. The first-order valence-corrected chi connectivity index (χ1v) is 6.49. The van der Waals surface area contributed by atoms with E-state index < -0.39 is 11.6 Å². The molecule has 0 N–H and O–H groups in total. The van der Waals surface area contributed by atoms with Gasteiger partial charge in [0.15, 0.2) is 5.78 Å². The van der Waals surface area contributed by atoms with Crippen LogP contribution >= 0.6 is 39.1 Å². The van der Waals surface area contributed by atoms with E-state index in [-0.39, 0.29) is 16.1 Å². The lowest BCUT2D eigenvalue weighted by Crippen LogP contribution is -2.06. The molecule has 0 bridgehead atoms. The van der Waals surface area contributed by atoms with Crippen LogP contribution in [0.1, 0.15) is 15.9 Å². The van der Waals surface area contributed by atoms with Gasteiger partial charge in [-0.15, -0.1) is 0 Å². The standard InChI is InChI=1S/C13H6BrCl2FO/c14-9-2-1-3-11(17)12(9)13(18)8-6-7(15)4-5-10(8)16/h1-6H. The molecule has 0 saturated carbocycles. The van der Waals surface area contributed by atoms with Gasteiger partial charge in [-0.2, -0.15) is 0 Å². The molecule has 0 heterocycles. The molecule has 0 saturated heterocycles. The summed E-state index contributed by atoms with van der Waals surface area (Å²) in [7, 11) is 0. The molecular formula is C13H6BrCl2FO.